The molecule has 0 spiro atoms. The normalized spacial score (nSPS) is 14.9. The lowest BCUT2D eigenvalue weighted by atomic mass is 10.2. The van der Waals surface area contributed by atoms with Gasteiger partial charge in [-0.1, -0.05) is 0 Å². The van der Waals surface area contributed by atoms with Crippen molar-refractivity contribution in [2.45, 2.75) is 0 Å². The fourth-order valence-electron chi connectivity index (χ4n) is 1.94. The van der Waals surface area contributed by atoms with Crippen molar-refractivity contribution in [2.75, 3.05) is 32.7 Å². The minimum absolute atomic E-state index is 0.0133. The van der Waals surface area contributed by atoms with Crippen molar-refractivity contribution >= 4 is 11.8 Å². The van der Waals surface area contributed by atoms with E-state index in [1.165, 1.54) is 0 Å². The monoisotopic (exact) mass is 280 g/mol. The molecule has 0 aromatic carbocycles. The molecule has 0 radical (unpaired) electrons. The molecule has 108 valence electrons. The molecular weight excluding hydrogens is 264 g/mol. The van der Waals surface area contributed by atoms with Crippen LogP contribution in [0.3, 0.4) is 0 Å². The van der Waals surface area contributed by atoms with Crippen LogP contribution in [0.1, 0.15) is 10.4 Å². The zero-order valence-corrected chi connectivity index (χ0v) is 10.8. The minimum atomic E-state index is -0.580. The number of rotatable bonds is 3. The van der Waals surface area contributed by atoms with E-state index in [0.717, 1.165) is 25.2 Å². The van der Waals surface area contributed by atoms with E-state index in [4.69, 9.17) is 0 Å². The van der Waals surface area contributed by atoms with Crippen LogP contribution in [0.4, 0.5) is 0 Å². The van der Waals surface area contributed by atoms with Gasteiger partial charge in [-0.2, -0.15) is 0 Å². The van der Waals surface area contributed by atoms with Crippen molar-refractivity contribution in [3.8, 4) is 5.88 Å². The Hall–Kier alpha value is -2.35. The van der Waals surface area contributed by atoms with Crippen LogP contribution in [0.5, 0.6) is 5.88 Å². The first kappa shape index (κ1) is 14.1. The van der Waals surface area contributed by atoms with Crippen molar-refractivity contribution in [3.63, 3.8) is 0 Å². The first-order chi connectivity index (χ1) is 9.56. The molecular formula is C12H16N4O4. The summed E-state index contributed by atoms with van der Waals surface area (Å²) < 4.78 is 0. The highest BCUT2D eigenvalue weighted by Gasteiger charge is 2.17. The molecule has 1 aromatic heterocycles. The highest BCUT2D eigenvalue weighted by molar-refractivity contribution is 5.96. The molecule has 2 amide bonds. The van der Waals surface area contributed by atoms with Crippen LogP contribution < -0.4 is 16.2 Å². The number of amides is 2. The number of aromatic amines is 1. The predicted molar refractivity (Wildman–Crippen MR) is 70.5 cm³/mol. The summed E-state index contributed by atoms with van der Waals surface area (Å²) in [5.41, 5.74) is -0.567. The van der Waals surface area contributed by atoms with Crippen molar-refractivity contribution in [2.24, 2.45) is 0 Å². The van der Waals surface area contributed by atoms with E-state index in [0.29, 0.717) is 13.1 Å². The number of pyridine rings is 1. The molecule has 2 rings (SSSR count). The Morgan fingerprint density at radius 3 is 2.65 bits per heavy atom. The molecule has 0 saturated carbocycles. The second-order valence-electron chi connectivity index (χ2n) is 4.43. The minimum Gasteiger partial charge on any atom is -0.494 e. The third-order valence-corrected chi connectivity index (χ3v) is 2.96. The van der Waals surface area contributed by atoms with E-state index in [1.54, 1.807) is 4.90 Å². The number of aromatic nitrogens is 1. The first-order valence-corrected chi connectivity index (χ1v) is 6.26. The molecule has 0 bridgehead atoms. The molecule has 20 heavy (non-hydrogen) atoms. The fourth-order valence-corrected chi connectivity index (χ4v) is 1.94. The van der Waals surface area contributed by atoms with Crippen LogP contribution in [-0.4, -0.2) is 59.5 Å². The smallest absolute Gasteiger partial charge is 0.252 e. The van der Waals surface area contributed by atoms with Gasteiger partial charge < -0.3 is 20.6 Å². The molecule has 0 atom stereocenters. The van der Waals surface area contributed by atoms with Gasteiger partial charge in [-0.3, -0.25) is 19.4 Å². The van der Waals surface area contributed by atoms with Crippen molar-refractivity contribution in [1.29, 1.82) is 0 Å². The summed E-state index contributed by atoms with van der Waals surface area (Å²) in [4.78, 5) is 38.5. The van der Waals surface area contributed by atoms with Gasteiger partial charge in [0, 0.05) is 38.3 Å². The van der Waals surface area contributed by atoms with Crippen molar-refractivity contribution in [1.82, 2.24) is 20.5 Å². The number of carbonyl (C=O) groups excluding carboxylic acids is 2. The maximum atomic E-state index is 11.8. The lowest BCUT2D eigenvalue weighted by molar-refractivity contribution is -0.130. The zero-order chi connectivity index (χ0) is 14.5. The summed E-state index contributed by atoms with van der Waals surface area (Å²) in [7, 11) is 0. The lowest BCUT2D eigenvalue weighted by Gasteiger charge is -2.27. The summed E-state index contributed by atoms with van der Waals surface area (Å²) in [5.74, 6) is -1.14. The van der Waals surface area contributed by atoms with Gasteiger partial charge in [-0.15, -0.1) is 0 Å². The number of nitrogens with zero attached hydrogens (tertiary/aromatic N) is 1. The predicted octanol–water partition coefficient (Wildman–Crippen LogP) is -1.76. The Balaban J connectivity index is 1.91. The van der Waals surface area contributed by atoms with E-state index in [-0.39, 0.29) is 18.0 Å². The standard InChI is InChI=1S/C12H16N4O4/c17-9-5-8(6-10(18)15-9)12(20)14-7-11(19)16-3-1-13-2-4-16/h5-6,13H,1-4,7H2,(H,14,20)(H2,15,17,18). The molecule has 1 saturated heterocycles. The fraction of sp³-hybridized carbons (Fsp3) is 0.417. The van der Waals surface area contributed by atoms with E-state index >= 15 is 0 Å². The third kappa shape index (κ3) is 3.58. The Labute approximate surface area is 114 Å². The molecule has 1 aromatic rings. The van der Waals surface area contributed by atoms with Gasteiger partial charge in [0.2, 0.25) is 5.91 Å². The zero-order valence-electron chi connectivity index (χ0n) is 10.8. The number of H-pyrrole nitrogens is 1. The average molecular weight is 280 g/mol. The lowest BCUT2D eigenvalue weighted by Crippen LogP contribution is -2.49. The summed E-state index contributed by atoms with van der Waals surface area (Å²) >= 11 is 0. The number of nitrogens with one attached hydrogen (secondary N) is 3. The molecule has 8 nitrogen and oxygen atoms in total. The summed E-state index contributed by atoms with van der Waals surface area (Å²) in [6, 6.07) is 2.19. The molecule has 8 heteroatoms. The van der Waals surface area contributed by atoms with E-state index in [1.807, 2.05) is 0 Å². The van der Waals surface area contributed by atoms with E-state index in [9.17, 15) is 19.5 Å². The Bertz CT molecular complexity index is 563. The highest BCUT2D eigenvalue weighted by atomic mass is 16.3. The average Bonchev–Trinajstić information content (AvgIpc) is 2.44. The quantitative estimate of drug-likeness (QED) is 0.524. The van der Waals surface area contributed by atoms with Crippen LogP contribution >= 0.6 is 0 Å². The van der Waals surface area contributed by atoms with Crippen LogP contribution in [0.2, 0.25) is 0 Å². The van der Waals surface area contributed by atoms with Gasteiger partial charge >= 0.3 is 0 Å². The number of carbonyl (C=O) groups is 2. The van der Waals surface area contributed by atoms with Gasteiger partial charge in [0.05, 0.1) is 12.1 Å². The second kappa shape index (κ2) is 6.20. The summed E-state index contributed by atoms with van der Waals surface area (Å²) in [6.07, 6.45) is 0. The van der Waals surface area contributed by atoms with Crippen LogP contribution in [0, 0.1) is 0 Å². The Morgan fingerprint density at radius 2 is 2.00 bits per heavy atom. The second-order valence-corrected chi connectivity index (χ2v) is 4.43. The molecule has 0 aliphatic carbocycles. The molecule has 1 aliphatic heterocycles. The number of piperazine rings is 1. The number of aromatic hydroxyl groups is 1. The molecule has 1 fully saturated rings. The molecule has 0 unspecified atom stereocenters. The van der Waals surface area contributed by atoms with Crippen LogP contribution in [-0.2, 0) is 4.79 Å². The number of hydrogen-bond donors (Lipinski definition) is 4. The molecule has 1 aliphatic rings. The third-order valence-electron chi connectivity index (χ3n) is 2.96. The maximum absolute atomic E-state index is 11.8. The first-order valence-electron chi connectivity index (χ1n) is 6.26. The molecule has 4 N–H and O–H groups in total. The van der Waals surface area contributed by atoms with Gasteiger partial charge in [0.1, 0.15) is 0 Å². The topological polar surface area (TPSA) is 115 Å². The number of hydrogen-bond acceptors (Lipinski definition) is 5. The highest BCUT2D eigenvalue weighted by Crippen LogP contribution is 2.03. The van der Waals surface area contributed by atoms with Gasteiger partial charge in [0.25, 0.3) is 11.5 Å². The SMILES string of the molecule is O=C(NCC(=O)N1CCNCC1)c1cc(O)[nH]c(=O)c1. The van der Waals surface area contributed by atoms with Gasteiger partial charge in [-0.05, 0) is 0 Å². The van der Waals surface area contributed by atoms with E-state index < -0.39 is 17.3 Å². The van der Waals surface area contributed by atoms with Gasteiger partial charge in [-0.25, -0.2) is 0 Å². The largest absolute Gasteiger partial charge is 0.494 e. The van der Waals surface area contributed by atoms with Crippen LogP contribution in [0.25, 0.3) is 0 Å². The molecule has 2 heterocycles. The summed E-state index contributed by atoms with van der Waals surface area (Å²) in [6.45, 7) is 2.57. The van der Waals surface area contributed by atoms with Crippen LogP contribution in [0.15, 0.2) is 16.9 Å². The van der Waals surface area contributed by atoms with Crippen molar-refractivity contribution in [3.05, 3.63) is 28.0 Å². The Kier molecular flexibility index (Phi) is 4.36. The van der Waals surface area contributed by atoms with E-state index in [2.05, 4.69) is 15.6 Å². The van der Waals surface area contributed by atoms with Crippen molar-refractivity contribution < 1.29 is 14.7 Å². The Morgan fingerprint density at radius 1 is 1.30 bits per heavy atom. The summed E-state index contributed by atoms with van der Waals surface area (Å²) in [5, 5.41) is 14.8. The van der Waals surface area contributed by atoms with Gasteiger partial charge in [0.15, 0.2) is 5.88 Å². The maximum Gasteiger partial charge on any atom is 0.252 e.